The van der Waals surface area contributed by atoms with Gasteiger partial charge in [-0.25, -0.2) is 0 Å². The Morgan fingerprint density at radius 2 is 1.33 bits per heavy atom. The summed E-state index contributed by atoms with van der Waals surface area (Å²) in [4.78, 5) is 51.2. The normalized spacial score (nSPS) is 11.6. The molecule has 0 aliphatic heterocycles. The van der Waals surface area contributed by atoms with Crippen LogP contribution in [0.1, 0.15) is 36.7 Å². The maximum atomic E-state index is 13.4. The van der Waals surface area contributed by atoms with Gasteiger partial charge in [-0.15, -0.1) is 11.8 Å². The largest absolute Gasteiger partial charge is 0.493 e. The number of carbonyl (C=O) groups excluding carboxylic acids is 4. The molecule has 0 bridgehead atoms. The van der Waals surface area contributed by atoms with E-state index in [4.69, 9.17) is 4.74 Å². The van der Waals surface area contributed by atoms with E-state index in [2.05, 4.69) is 21.3 Å². The van der Waals surface area contributed by atoms with Crippen molar-refractivity contribution >= 4 is 58.5 Å². The Kier molecular flexibility index (Phi) is 11.5. The van der Waals surface area contributed by atoms with Gasteiger partial charge in [0, 0.05) is 40.0 Å². The molecule has 0 spiro atoms. The second-order valence-electron chi connectivity index (χ2n) is 9.84. The number of hydrogen-bond acceptors (Lipinski definition) is 6. The van der Waals surface area contributed by atoms with Crippen LogP contribution >= 0.6 is 11.8 Å². The number of nitrogens with one attached hydrogen (secondary N) is 4. The van der Waals surface area contributed by atoms with Crippen molar-refractivity contribution in [1.82, 2.24) is 5.32 Å². The fourth-order valence-electron chi connectivity index (χ4n) is 4.14. The van der Waals surface area contributed by atoms with Crippen molar-refractivity contribution in [3.63, 3.8) is 0 Å². The van der Waals surface area contributed by atoms with Gasteiger partial charge < -0.3 is 26.0 Å². The van der Waals surface area contributed by atoms with Crippen molar-refractivity contribution in [3.05, 3.63) is 120 Å². The molecule has 4 amide bonds. The van der Waals surface area contributed by atoms with E-state index in [1.54, 1.807) is 85.8 Å². The summed E-state index contributed by atoms with van der Waals surface area (Å²) in [6, 6.07) is 29.9. The zero-order valence-corrected chi connectivity index (χ0v) is 25.9. The molecule has 4 aromatic rings. The van der Waals surface area contributed by atoms with E-state index in [-0.39, 0.29) is 17.5 Å². The second-order valence-corrected chi connectivity index (χ2v) is 11.2. The monoisotopic (exact) mass is 622 g/mol. The number of thioether (sulfide) groups is 1. The molecule has 4 rings (SSSR count). The van der Waals surface area contributed by atoms with Crippen LogP contribution in [0.4, 0.5) is 17.1 Å². The van der Waals surface area contributed by atoms with Crippen molar-refractivity contribution in [2.75, 3.05) is 22.6 Å². The Labute approximate surface area is 266 Å². The summed E-state index contributed by atoms with van der Waals surface area (Å²) in [5.41, 5.74) is 2.87. The van der Waals surface area contributed by atoms with Gasteiger partial charge in [0.15, 0.2) is 0 Å². The Balaban J connectivity index is 1.42. The van der Waals surface area contributed by atoms with Crippen LogP contribution in [0.3, 0.4) is 0 Å². The summed E-state index contributed by atoms with van der Waals surface area (Å²) >= 11 is 1.37. The van der Waals surface area contributed by atoms with Gasteiger partial charge in [-0.1, -0.05) is 36.4 Å². The highest BCUT2D eigenvalue weighted by Gasteiger charge is 2.18. The van der Waals surface area contributed by atoms with Crippen LogP contribution in [0.25, 0.3) is 6.08 Å². The van der Waals surface area contributed by atoms with Gasteiger partial charge in [0.25, 0.3) is 11.8 Å². The smallest absolute Gasteiger partial charge is 0.272 e. The van der Waals surface area contributed by atoms with Crippen LogP contribution in [0.5, 0.6) is 5.75 Å². The third-order valence-electron chi connectivity index (χ3n) is 6.31. The molecule has 45 heavy (non-hydrogen) atoms. The Hall–Kier alpha value is -5.35. The van der Waals surface area contributed by atoms with E-state index in [1.165, 1.54) is 18.7 Å². The lowest BCUT2D eigenvalue weighted by atomic mass is 10.1. The molecule has 4 N–H and O–H groups in total. The molecule has 230 valence electrons. The Morgan fingerprint density at radius 3 is 1.98 bits per heavy atom. The van der Waals surface area contributed by atoms with E-state index in [1.807, 2.05) is 37.3 Å². The Bertz CT molecular complexity index is 1670. The maximum absolute atomic E-state index is 13.4. The first-order valence-corrected chi connectivity index (χ1v) is 15.2. The summed E-state index contributed by atoms with van der Waals surface area (Å²) in [6.45, 7) is 5.55. The lowest BCUT2D eigenvalue weighted by Crippen LogP contribution is -2.30. The molecule has 0 aromatic heterocycles. The third-order valence-corrected chi connectivity index (χ3v) is 7.43. The molecule has 0 saturated carbocycles. The molecule has 0 aliphatic carbocycles. The summed E-state index contributed by atoms with van der Waals surface area (Å²) in [5, 5.41) is 10.7. The Morgan fingerprint density at radius 1 is 0.756 bits per heavy atom. The van der Waals surface area contributed by atoms with Gasteiger partial charge in [0.2, 0.25) is 11.8 Å². The highest BCUT2D eigenvalue weighted by molar-refractivity contribution is 8.00. The molecule has 1 atom stereocenters. The first-order chi connectivity index (χ1) is 21.7. The number of ether oxygens (including phenoxy) is 1. The van der Waals surface area contributed by atoms with Gasteiger partial charge in [0.05, 0.1) is 11.9 Å². The minimum absolute atomic E-state index is 0.0462. The first-order valence-electron chi connectivity index (χ1n) is 14.3. The summed E-state index contributed by atoms with van der Waals surface area (Å²) in [5.74, 6) is -0.698. The van der Waals surface area contributed by atoms with Crippen LogP contribution in [0, 0.1) is 0 Å². The average molecular weight is 623 g/mol. The van der Waals surface area contributed by atoms with E-state index in [9.17, 15) is 19.2 Å². The number of amides is 4. The third kappa shape index (κ3) is 9.84. The predicted octanol–water partition coefficient (Wildman–Crippen LogP) is 6.57. The fourth-order valence-corrected chi connectivity index (χ4v) is 5.01. The number of anilines is 3. The zero-order valence-electron chi connectivity index (χ0n) is 25.1. The summed E-state index contributed by atoms with van der Waals surface area (Å²) < 4.78 is 5.70. The van der Waals surface area contributed by atoms with E-state index in [0.29, 0.717) is 40.5 Å². The van der Waals surface area contributed by atoms with Crippen LogP contribution in [0.15, 0.2) is 114 Å². The molecule has 0 aliphatic rings. The van der Waals surface area contributed by atoms with Gasteiger partial charge in [-0.05, 0) is 86.7 Å². The summed E-state index contributed by atoms with van der Waals surface area (Å²) in [6.07, 6.45) is 1.58. The van der Waals surface area contributed by atoms with Crippen LogP contribution < -0.4 is 26.0 Å². The molecule has 0 radical (unpaired) electrons. The minimum atomic E-state index is -0.511. The highest BCUT2D eigenvalue weighted by atomic mass is 32.2. The number of benzene rings is 4. The topological polar surface area (TPSA) is 126 Å². The van der Waals surface area contributed by atoms with Crippen molar-refractivity contribution in [3.8, 4) is 5.75 Å². The molecule has 1 unspecified atom stereocenters. The van der Waals surface area contributed by atoms with Crippen LogP contribution in [-0.2, 0) is 14.4 Å². The molecule has 0 saturated heterocycles. The van der Waals surface area contributed by atoms with Crippen molar-refractivity contribution in [2.45, 2.75) is 30.9 Å². The molecular weight excluding hydrogens is 588 g/mol. The lowest BCUT2D eigenvalue weighted by molar-refractivity contribution is -0.115. The van der Waals surface area contributed by atoms with Gasteiger partial charge in [-0.3, -0.25) is 19.2 Å². The first kappa shape index (κ1) is 32.6. The molecule has 0 fully saturated rings. The second kappa shape index (κ2) is 15.9. The summed E-state index contributed by atoms with van der Waals surface area (Å²) in [7, 11) is 0. The SMILES string of the molecule is CCOc1ccccc1/C=C(\NC(=O)c1ccccc1)C(=O)Nc1ccc(SC(C)C(=O)Nc2ccc(NC(C)=O)cc2)cc1. The standard InChI is InChI=1S/C35H34N4O5S/c1-4-44-32-13-9-8-12-26(32)22-31(39-34(42)25-10-6-5-7-11-25)35(43)38-29-18-20-30(21-19-29)45-23(2)33(41)37-28-16-14-27(15-17-28)36-24(3)40/h5-23H,4H2,1-3H3,(H,36,40)(H,37,41)(H,38,43)(H,39,42)/b31-22-. The van der Waals surface area contributed by atoms with Crippen molar-refractivity contribution in [2.24, 2.45) is 0 Å². The predicted molar refractivity (Wildman–Crippen MR) is 179 cm³/mol. The van der Waals surface area contributed by atoms with Gasteiger partial charge in [0.1, 0.15) is 11.4 Å². The molecular formula is C35H34N4O5S. The average Bonchev–Trinajstić information content (AvgIpc) is 3.03. The zero-order chi connectivity index (χ0) is 32.2. The number of hydrogen-bond donors (Lipinski definition) is 4. The van der Waals surface area contributed by atoms with Crippen LogP contribution in [-0.4, -0.2) is 35.5 Å². The lowest BCUT2D eigenvalue weighted by Gasteiger charge is -2.14. The molecule has 10 heteroatoms. The fraction of sp³-hybridized carbons (Fsp3) is 0.143. The van der Waals surface area contributed by atoms with Crippen LogP contribution in [0.2, 0.25) is 0 Å². The van der Waals surface area contributed by atoms with E-state index >= 15 is 0 Å². The molecule has 0 heterocycles. The molecule has 4 aromatic carbocycles. The van der Waals surface area contributed by atoms with E-state index < -0.39 is 17.1 Å². The highest BCUT2D eigenvalue weighted by Crippen LogP contribution is 2.27. The van der Waals surface area contributed by atoms with Crippen molar-refractivity contribution in [1.29, 1.82) is 0 Å². The number of carbonyl (C=O) groups is 4. The number of rotatable bonds is 12. The number of para-hydroxylation sites is 1. The molecule has 9 nitrogen and oxygen atoms in total. The van der Waals surface area contributed by atoms with Gasteiger partial charge in [-0.2, -0.15) is 0 Å². The van der Waals surface area contributed by atoms with Crippen molar-refractivity contribution < 1.29 is 23.9 Å². The van der Waals surface area contributed by atoms with Gasteiger partial charge >= 0.3 is 0 Å². The van der Waals surface area contributed by atoms with E-state index in [0.717, 1.165) is 4.90 Å². The maximum Gasteiger partial charge on any atom is 0.272 e. The quantitative estimate of drug-likeness (QED) is 0.105. The minimum Gasteiger partial charge on any atom is -0.493 e.